The van der Waals surface area contributed by atoms with Gasteiger partial charge < -0.3 is 10.2 Å². The minimum absolute atomic E-state index is 0.0647. The van der Waals surface area contributed by atoms with Crippen LogP contribution in [-0.4, -0.2) is 56.5 Å². The van der Waals surface area contributed by atoms with Crippen LogP contribution < -0.4 is 10.9 Å². The summed E-state index contributed by atoms with van der Waals surface area (Å²) in [5.41, 5.74) is 3.26. The molecule has 2 aromatic rings. The van der Waals surface area contributed by atoms with Crippen LogP contribution in [-0.2, 0) is 9.59 Å². The summed E-state index contributed by atoms with van der Waals surface area (Å²) in [5, 5.41) is 48.3. The molecule has 0 aliphatic carbocycles. The molecule has 166 valence electrons. The highest BCUT2D eigenvalue weighted by Crippen LogP contribution is 2.16. The summed E-state index contributed by atoms with van der Waals surface area (Å²) in [7, 11) is 0. The summed E-state index contributed by atoms with van der Waals surface area (Å²) in [6.07, 6.45) is -2.60. The van der Waals surface area contributed by atoms with Gasteiger partial charge in [0.15, 0.2) is 12.2 Å². The van der Waals surface area contributed by atoms with Gasteiger partial charge in [-0.2, -0.15) is 10.2 Å². The SMILES string of the molecule is O=C(N/N=C/c1ccccc1[N+](=O)[O-])[C@H](O)[C@@H](O)C(=O)N/N=C/c1ccccc1[N+](=O)[O-]. The van der Waals surface area contributed by atoms with Crippen molar-refractivity contribution in [1.29, 1.82) is 0 Å². The molecule has 14 heteroatoms. The van der Waals surface area contributed by atoms with Crippen molar-refractivity contribution < 1.29 is 29.6 Å². The van der Waals surface area contributed by atoms with Crippen LogP contribution in [0.25, 0.3) is 0 Å². The highest BCUT2D eigenvalue weighted by molar-refractivity contribution is 5.92. The number of nitro groups is 2. The molecule has 0 aliphatic rings. The Kier molecular flexibility index (Phi) is 8.15. The fourth-order valence-electron chi connectivity index (χ4n) is 2.28. The van der Waals surface area contributed by atoms with Gasteiger partial charge in [-0.15, -0.1) is 0 Å². The Bertz CT molecular complexity index is 1000. The van der Waals surface area contributed by atoms with E-state index in [1.54, 1.807) is 0 Å². The predicted molar refractivity (Wildman–Crippen MR) is 110 cm³/mol. The number of hydrogen-bond acceptors (Lipinski definition) is 10. The number of benzene rings is 2. The largest absolute Gasteiger partial charge is 0.380 e. The molecule has 32 heavy (non-hydrogen) atoms. The summed E-state index contributed by atoms with van der Waals surface area (Å²) in [6.45, 7) is 0. The fourth-order valence-corrected chi connectivity index (χ4v) is 2.28. The lowest BCUT2D eigenvalue weighted by atomic mass is 10.2. The molecule has 0 heterocycles. The standard InChI is InChI=1S/C18H16N6O8/c25-15(17(27)21-19-9-11-5-1-3-7-13(11)23(29)30)16(26)18(28)22-20-10-12-6-2-4-8-14(12)24(31)32/h1-10,15-16,25-26H,(H,21,27)(H,22,28)/b19-9+,20-10+/t15-,16-/m1/s1. The van der Waals surface area contributed by atoms with Gasteiger partial charge in [0.2, 0.25) is 0 Å². The third-order valence-electron chi connectivity index (χ3n) is 3.86. The van der Waals surface area contributed by atoms with Gasteiger partial charge in [-0.3, -0.25) is 29.8 Å². The van der Waals surface area contributed by atoms with Gasteiger partial charge in [-0.25, -0.2) is 10.9 Å². The van der Waals surface area contributed by atoms with Crippen LogP contribution in [0.15, 0.2) is 58.7 Å². The molecule has 4 N–H and O–H groups in total. The number of aliphatic hydroxyl groups is 2. The molecule has 0 aliphatic heterocycles. The van der Waals surface area contributed by atoms with Gasteiger partial charge in [0.25, 0.3) is 23.2 Å². The predicted octanol–water partition coefficient (Wildman–Crippen LogP) is -0.175. The number of nitrogens with zero attached hydrogens (tertiary/aromatic N) is 4. The van der Waals surface area contributed by atoms with Crippen molar-refractivity contribution in [3.8, 4) is 0 Å². The molecule has 0 spiro atoms. The molecule has 0 aromatic heterocycles. The monoisotopic (exact) mass is 444 g/mol. The van der Waals surface area contributed by atoms with E-state index in [0.29, 0.717) is 0 Å². The van der Waals surface area contributed by atoms with Crippen LogP contribution in [0.5, 0.6) is 0 Å². The molecule has 0 fully saturated rings. The van der Waals surface area contributed by atoms with Gasteiger partial charge in [-0.05, 0) is 12.1 Å². The molecule has 2 aromatic carbocycles. The third-order valence-corrected chi connectivity index (χ3v) is 3.86. The molecule has 14 nitrogen and oxygen atoms in total. The van der Waals surface area contributed by atoms with Crippen LogP contribution in [0, 0.1) is 20.2 Å². The minimum Gasteiger partial charge on any atom is -0.380 e. The van der Waals surface area contributed by atoms with Crippen molar-refractivity contribution in [2.24, 2.45) is 10.2 Å². The number of para-hydroxylation sites is 2. The first-order valence-electron chi connectivity index (χ1n) is 8.71. The Hall–Kier alpha value is -4.56. The fraction of sp³-hybridized carbons (Fsp3) is 0.111. The van der Waals surface area contributed by atoms with Gasteiger partial charge in [0.05, 0.1) is 33.4 Å². The van der Waals surface area contributed by atoms with Crippen molar-refractivity contribution in [2.45, 2.75) is 12.2 Å². The minimum atomic E-state index is -2.25. The summed E-state index contributed by atoms with van der Waals surface area (Å²) >= 11 is 0. The molecule has 0 saturated carbocycles. The van der Waals surface area contributed by atoms with E-state index in [4.69, 9.17) is 0 Å². The normalized spacial score (nSPS) is 12.9. The van der Waals surface area contributed by atoms with E-state index >= 15 is 0 Å². The van der Waals surface area contributed by atoms with Gasteiger partial charge in [0.1, 0.15) is 0 Å². The average molecular weight is 444 g/mol. The van der Waals surface area contributed by atoms with Crippen LogP contribution in [0.1, 0.15) is 11.1 Å². The van der Waals surface area contributed by atoms with Crippen molar-refractivity contribution in [3.63, 3.8) is 0 Å². The first kappa shape index (κ1) is 23.7. The van der Waals surface area contributed by atoms with E-state index in [0.717, 1.165) is 12.4 Å². The number of carbonyl (C=O) groups excluding carboxylic acids is 2. The van der Waals surface area contributed by atoms with E-state index in [1.807, 2.05) is 10.9 Å². The number of nitro benzene ring substituents is 2. The maximum absolute atomic E-state index is 11.9. The third kappa shape index (κ3) is 6.22. The molecular weight excluding hydrogens is 428 g/mol. The van der Waals surface area contributed by atoms with E-state index in [2.05, 4.69) is 10.2 Å². The van der Waals surface area contributed by atoms with Crippen LogP contribution in [0.4, 0.5) is 11.4 Å². The first-order chi connectivity index (χ1) is 15.2. The summed E-state index contributed by atoms with van der Waals surface area (Å²) < 4.78 is 0. The molecule has 0 bridgehead atoms. The second-order valence-electron chi connectivity index (χ2n) is 5.99. The second-order valence-corrected chi connectivity index (χ2v) is 5.99. The molecular formula is C18H16N6O8. The van der Waals surface area contributed by atoms with E-state index in [1.165, 1.54) is 48.5 Å². The second kappa shape index (κ2) is 11.0. The molecule has 2 rings (SSSR count). The van der Waals surface area contributed by atoms with E-state index < -0.39 is 33.9 Å². The summed E-state index contributed by atoms with van der Waals surface area (Å²) in [4.78, 5) is 44.2. The Morgan fingerprint density at radius 2 is 1.12 bits per heavy atom. The number of amides is 2. The van der Waals surface area contributed by atoms with Crippen LogP contribution >= 0.6 is 0 Å². The van der Waals surface area contributed by atoms with Gasteiger partial charge in [0, 0.05) is 12.1 Å². The van der Waals surface area contributed by atoms with Crippen molar-refractivity contribution in [3.05, 3.63) is 79.9 Å². The Morgan fingerprint density at radius 1 is 0.781 bits per heavy atom. The summed E-state index contributed by atoms with van der Waals surface area (Å²) in [5.74, 6) is -2.55. The quantitative estimate of drug-likeness (QED) is 0.231. The lowest BCUT2D eigenvalue weighted by Gasteiger charge is -2.14. The molecule has 0 unspecified atom stereocenters. The number of rotatable bonds is 9. The lowest BCUT2D eigenvalue weighted by Crippen LogP contribution is -2.47. The Balaban J connectivity index is 1.94. The molecule has 2 atom stereocenters. The van der Waals surface area contributed by atoms with Gasteiger partial charge in [-0.1, -0.05) is 24.3 Å². The zero-order chi connectivity index (χ0) is 23.7. The van der Waals surface area contributed by atoms with Crippen LogP contribution in [0.3, 0.4) is 0 Å². The van der Waals surface area contributed by atoms with Crippen molar-refractivity contribution in [2.75, 3.05) is 0 Å². The zero-order valence-electron chi connectivity index (χ0n) is 16.1. The maximum Gasteiger partial charge on any atom is 0.278 e. The molecule has 0 saturated heterocycles. The highest BCUT2D eigenvalue weighted by Gasteiger charge is 2.30. The molecule has 0 radical (unpaired) electrons. The van der Waals surface area contributed by atoms with Crippen molar-refractivity contribution >= 4 is 35.6 Å². The lowest BCUT2D eigenvalue weighted by molar-refractivity contribution is -0.385. The van der Waals surface area contributed by atoms with E-state index in [-0.39, 0.29) is 22.5 Å². The first-order valence-corrected chi connectivity index (χ1v) is 8.71. The topological polar surface area (TPSA) is 210 Å². The number of carbonyl (C=O) groups is 2. The van der Waals surface area contributed by atoms with Crippen molar-refractivity contribution in [1.82, 2.24) is 10.9 Å². The van der Waals surface area contributed by atoms with E-state index in [9.17, 15) is 40.0 Å². The van der Waals surface area contributed by atoms with Gasteiger partial charge >= 0.3 is 0 Å². The number of hydrogen-bond donors (Lipinski definition) is 4. The average Bonchev–Trinajstić information content (AvgIpc) is 2.78. The highest BCUT2D eigenvalue weighted by atomic mass is 16.6. The van der Waals surface area contributed by atoms with Crippen LogP contribution in [0.2, 0.25) is 0 Å². The number of aliphatic hydroxyl groups excluding tert-OH is 2. The molecule has 2 amide bonds. The Labute approximate surface area is 179 Å². The number of nitrogens with one attached hydrogen (secondary N) is 2. The smallest absolute Gasteiger partial charge is 0.278 e. The zero-order valence-corrected chi connectivity index (χ0v) is 16.1. The maximum atomic E-state index is 11.9. The summed E-state index contributed by atoms with van der Waals surface area (Å²) in [6, 6.07) is 11.0. The number of hydrazone groups is 2. The Morgan fingerprint density at radius 3 is 1.47 bits per heavy atom.